The Morgan fingerprint density at radius 2 is 1.78 bits per heavy atom. The van der Waals surface area contributed by atoms with Crippen LogP contribution in [-0.4, -0.2) is 37.9 Å². The van der Waals surface area contributed by atoms with Gasteiger partial charge < -0.3 is 15.7 Å². The lowest BCUT2D eigenvalue weighted by Crippen LogP contribution is -2.26. The Labute approximate surface area is 55.5 Å². The molecule has 1 fully saturated rings. The molecule has 3 nitrogen and oxygen atoms in total. The van der Waals surface area contributed by atoms with Gasteiger partial charge in [0.1, 0.15) is 0 Å². The summed E-state index contributed by atoms with van der Waals surface area (Å²) in [5, 5.41) is 15.2. The van der Waals surface area contributed by atoms with Gasteiger partial charge >= 0.3 is 0 Å². The third-order valence-electron chi connectivity index (χ3n) is 1.60. The second-order valence-electron chi connectivity index (χ2n) is 2.46. The highest BCUT2D eigenvalue weighted by molar-refractivity contribution is 4.68. The lowest BCUT2D eigenvalue weighted by Gasteiger charge is -2.08. The Hall–Kier alpha value is -0.120. The normalized spacial score (nSPS) is 23.7. The van der Waals surface area contributed by atoms with Gasteiger partial charge in [-0.15, -0.1) is 0 Å². The molecule has 3 heteroatoms. The highest BCUT2D eigenvalue weighted by atomic mass is 16.3. The summed E-state index contributed by atoms with van der Waals surface area (Å²) >= 11 is 0. The molecular formula is C6H14N2O. The van der Waals surface area contributed by atoms with E-state index in [-0.39, 0.29) is 0 Å². The van der Waals surface area contributed by atoms with Gasteiger partial charge in [0.05, 0.1) is 0 Å². The third kappa shape index (κ3) is 2.30. The van der Waals surface area contributed by atoms with Gasteiger partial charge in [0, 0.05) is 38.7 Å². The first-order valence-electron chi connectivity index (χ1n) is 3.46. The quantitative estimate of drug-likeness (QED) is 0.417. The fourth-order valence-electron chi connectivity index (χ4n) is 0.990. The Morgan fingerprint density at radius 3 is 2.22 bits per heavy atom. The molecule has 3 N–H and O–H groups in total. The maximum Gasteiger partial charge on any atom is 0.0483 e. The fraction of sp³-hybridized carbons (Fsp3) is 1.00. The van der Waals surface area contributed by atoms with Crippen molar-refractivity contribution in [3.05, 3.63) is 0 Å². The second-order valence-corrected chi connectivity index (χ2v) is 2.46. The van der Waals surface area contributed by atoms with Crippen LogP contribution in [0.5, 0.6) is 0 Å². The van der Waals surface area contributed by atoms with Crippen LogP contribution in [0.4, 0.5) is 0 Å². The lowest BCUT2D eigenvalue weighted by molar-refractivity contribution is 0.226. The summed E-state index contributed by atoms with van der Waals surface area (Å²) in [6.07, 6.45) is 0. The van der Waals surface area contributed by atoms with Crippen molar-refractivity contribution in [2.75, 3.05) is 32.8 Å². The Balaban J connectivity index is 2.18. The van der Waals surface area contributed by atoms with Crippen LogP contribution in [0.1, 0.15) is 0 Å². The van der Waals surface area contributed by atoms with Gasteiger partial charge in [-0.25, -0.2) is 0 Å². The van der Waals surface area contributed by atoms with Crippen molar-refractivity contribution < 1.29 is 5.11 Å². The zero-order chi connectivity index (χ0) is 6.53. The lowest BCUT2D eigenvalue weighted by atomic mass is 10.2. The average molecular weight is 130 g/mol. The van der Waals surface area contributed by atoms with E-state index >= 15 is 0 Å². The molecule has 1 heterocycles. The molecule has 1 aliphatic rings. The summed E-state index contributed by atoms with van der Waals surface area (Å²) in [4.78, 5) is 0. The molecule has 0 aromatic heterocycles. The topological polar surface area (TPSA) is 44.3 Å². The summed E-state index contributed by atoms with van der Waals surface area (Å²) in [6.45, 7) is 4.24. The van der Waals surface area contributed by atoms with Crippen molar-refractivity contribution in [3.63, 3.8) is 0 Å². The fourth-order valence-corrected chi connectivity index (χ4v) is 0.990. The molecule has 1 saturated heterocycles. The van der Waals surface area contributed by atoms with Crippen molar-refractivity contribution in [1.29, 1.82) is 0 Å². The number of rotatable bonds is 1. The Bertz CT molecular complexity index is 69.5. The summed E-state index contributed by atoms with van der Waals surface area (Å²) in [6, 6.07) is 0. The maximum absolute atomic E-state index is 8.74. The van der Waals surface area contributed by atoms with Crippen LogP contribution < -0.4 is 10.6 Å². The van der Waals surface area contributed by atoms with Gasteiger partial charge in [0.15, 0.2) is 0 Å². The maximum atomic E-state index is 8.74. The Morgan fingerprint density at radius 1 is 1.22 bits per heavy atom. The van der Waals surface area contributed by atoms with Crippen LogP contribution in [0.2, 0.25) is 0 Å². The molecular weight excluding hydrogens is 116 g/mol. The monoisotopic (exact) mass is 130 g/mol. The van der Waals surface area contributed by atoms with Gasteiger partial charge in [0.2, 0.25) is 0 Å². The van der Waals surface area contributed by atoms with Gasteiger partial charge in [-0.2, -0.15) is 0 Å². The summed E-state index contributed by atoms with van der Waals surface area (Å²) in [5.41, 5.74) is 0. The molecule has 0 aliphatic carbocycles. The number of aliphatic hydroxyl groups excluding tert-OH is 1. The molecule has 54 valence electrons. The number of hydrogen-bond donors (Lipinski definition) is 3. The van der Waals surface area contributed by atoms with E-state index in [0.29, 0.717) is 12.5 Å². The predicted molar refractivity (Wildman–Crippen MR) is 36.3 cm³/mol. The van der Waals surface area contributed by atoms with E-state index in [2.05, 4.69) is 10.6 Å². The minimum absolute atomic E-state index is 0.292. The molecule has 0 saturated carbocycles. The van der Waals surface area contributed by atoms with Gasteiger partial charge in [0.25, 0.3) is 0 Å². The standard InChI is InChI=1S/C6H14N2O/c9-5-6-3-7-1-2-8-4-6/h6-9H,1-5H2. The minimum atomic E-state index is 0.292. The van der Waals surface area contributed by atoms with Crippen molar-refractivity contribution in [1.82, 2.24) is 10.6 Å². The molecule has 0 aromatic rings. The Kier molecular flexibility index (Phi) is 2.97. The summed E-state index contributed by atoms with van der Waals surface area (Å²) in [5.74, 6) is 0.410. The molecule has 0 bridgehead atoms. The molecule has 0 radical (unpaired) electrons. The van der Waals surface area contributed by atoms with Crippen LogP contribution >= 0.6 is 0 Å². The van der Waals surface area contributed by atoms with Gasteiger partial charge in [-0.1, -0.05) is 0 Å². The van der Waals surface area contributed by atoms with Crippen LogP contribution in [0.15, 0.2) is 0 Å². The van der Waals surface area contributed by atoms with Crippen LogP contribution in [0, 0.1) is 5.92 Å². The van der Waals surface area contributed by atoms with Gasteiger partial charge in [-0.05, 0) is 0 Å². The summed E-state index contributed by atoms with van der Waals surface area (Å²) < 4.78 is 0. The molecule has 9 heavy (non-hydrogen) atoms. The van der Waals surface area contributed by atoms with Gasteiger partial charge in [-0.3, -0.25) is 0 Å². The molecule has 0 unspecified atom stereocenters. The number of aliphatic hydroxyl groups is 1. The van der Waals surface area contributed by atoms with E-state index in [1.807, 2.05) is 0 Å². The van der Waals surface area contributed by atoms with Crippen molar-refractivity contribution >= 4 is 0 Å². The molecule has 0 atom stereocenters. The van der Waals surface area contributed by atoms with Crippen LogP contribution in [-0.2, 0) is 0 Å². The third-order valence-corrected chi connectivity index (χ3v) is 1.60. The zero-order valence-electron chi connectivity index (χ0n) is 5.56. The minimum Gasteiger partial charge on any atom is -0.396 e. The van der Waals surface area contributed by atoms with E-state index in [0.717, 1.165) is 26.2 Å². The zero-order valence-corrected chi connectivity index (χ0v) is 5.56. The largest absolute Gasteiger partial charge is 0.396 e. The van der Waals surface area contributed by atoms with E-state index in [1.54, 1.807) is 0 Å². The van der Waals surface area contributed by atoms with Crippen molar-refractivity contribution in [2.45, 2.75) is 0 Å². The summed E-state index contributed by atoms with van der Waals surface area (Å²) in [7, 11) is 0. The highest BCUT2D eigenvalue weighted by Gasteiger charge is 2.08. The van der Waals surface area contributed by atoms with E-state index in [9.17, 15) is 0 Å². The molecule has 0 spiro atoms. The van der Waals surface area contributed by atoms with Crippen molar-refractivity contribution in [2.24, 2.45) is 5.92 Å². The highest BCUT2D eigenvalue weighted by Crippen LogP contribution is 1.91. The smallest absolute Gasteiger partial charge is 0.0483 e. The molecule has 1 aliphatic heterocycles. The molecule has 0 amide bonds. The second kappa shape index (κ2) is 3.82. The average Bonchev–Trinajstić information content (AvgIpc) is 2.13. The first-order valence-corrected chi connectivity index (χ1v) is 3.46. The van der Waals surface area contributed by atoms with E-state index in [1.165, 1.54) is 0 Å². The first kappa shape index (κ1) is 6.99. The van der Waals surface area contributed by atoms with Crippen LogP contribution in [0.3, 0.4) is 0 Å². The van der Waals surface area contributed by atoms with E-state index < -0.39 is 0 Å². The van der Waals surface area contributed by atoms with Crippen LogP contribution in [0.25, 0.3) is 0 Å². The SMILES string of the molecule is OCC1CNCCNC1. The first-order chi connectivity index (χ1) is 4.43. The number of nitrogens with one attached hydrogen (secondary N) is 2. The van der Waals surface area contributed by atoms with Crippen molar-refractivity contribution in [3.8, 4) is 0 Å². The number of hydrogen-bond acceptors (Lipinski definition) is 3. The molecule has 0 aromatic carbocycles. The van der Waals surface area contributed by atoms with E-state index in [4.69, 9.17) is 5.11 Å². The predicted octanol–water partition coefficient (Wildman–Crippen LogP) is -1.21. The molecule has 1 rings (SSSR count).